The molecule has 0 unspecified atom stereocenters. The van der Waals surface area contributed by atoms with Gasteiger partial charge in [0.2, 0.25) is 12.7 Å². The van der Waals surface area contributed by atoms with Crippen molar-refractivity contribution in [2.45, 2.75) is 6.42 Å². The number of amides is 2. The number of fused-ring (bicyclic) bond motifs is 1. The first kappa shape index (κ1) is 20.2. The minimum atomic E-state index is -0.208. The molecule has 4 rings (SSSR count). The number of carbonyl (C=O) groups excluding carboxylic acids is 2. The van der Waals surface area contributed by atoms with Crippen molar-refractivity contribution < 1.29 is 23.8 Å². The molecule has 0 radical (unpaired) electrons. The van der Waals surface area contributed by atoms with Crippen LogP contribution in [-0.4, -0.2) is 41.5 Å². The van der Waals surface area contributed by atoms with Gasteiger partial charge in [-0.05, 0) is 48.0 Å². The van der Waals surface area contributed by atoms with Crippen LogP contribution in [0.4, 0.5) is 5.69 Å². The van der Waals surface area contributed by atoms with E-state index in [1.165, 1.54) is 16.7 Å². The summed E-state index contributed by atoms with van der Waals surface area (Å²) in [5.74, 6) is 1.63. The Morgan fingerprint density at radius 1 is 1.23 bits per heavy atom. The van der Waals surface area contributed by atoms with Crippen LogP contribution >= 0.6 is 24.0 Å². The molecule has 7 nitrogen and oxygen atoms in total. The highest BCUT2D eigenvalue weighted by molar-refractivity contribution is 8.26. The lowest BCUT2D eigenvalue weighted by Crippen LogP contribution is -2.31. The minimum absolute atomic E-state index is 0.135. The van der Waals surface area contributed by atoms with Gasteiger partial charge in [-0.25, -0.2) is 0 Å². The quantitative estimate of drug-likeness (QED) is 0.540. The van der Waals surface area contributed by atoms with E-state index in [0.717, 1.165) is 5.56 Å². The van der Waals surface area contributed by atoms with Crippen LogP contribution in [0.5, 0.6) is 17.2 Å². The number of ether oxygens (including phenoxy) is 3. The number of benzene rings is 2. The Bertz CT molecular complexity index is 1040. The molecule has 9 heteroatoms. The molecule has 2 aromatic rings. The molecule has 2 aliphatic heterocycles. The fraction of sp³-hybridized carbons (Fsp3) is 0.190. The predicted octanol–water partition coefficient (Wildman–Crippen LogP) is 3.65. The predicted molar refractivity (Wildman–Crippen MR) is 119 cm³/mol. The Hall–Kier alpha value is -3.04. The maximum Gasteiger partial charge on any atom is 0.266 e. The van der Waals surface area contributed by atoms with Gasteiger partial charge in [0, 0.05) is 18.7 Å². The number of carbonyl (C=O) groups is 2. The molecule has 0 saturated carbocycles. The molecule has 1 saturated heterocycles. The second kappa shape index (κ2) is 8.76. The van der Waals surface area contributed by atoms with E-state index in [2.05, 4.69) is 5.32 Å². The van der Waals surface area contributed by atoms with Gasteiger partial charge in [-0.1, -0.05) is 30.0 Å². The molecule has 0 aliphatic carbocycles. The molecule has 1 fully saturated rings. The minimum Gasteiger partial charge on any atom is -0.497 e. The van der Waals surface area contributed by atoms with Gasteiger partial charge >= 0.3 is 0 Å². The standard InChI is InChI=1S/C21H18N2O5S2/c1-26-15-5-3-14(4-6-15)22-19(24)8-9-23-20(25)18(30-21(23)29)11-13-2-7-16-17(10-13)28-12-27-16/h2-7,10-11H,8-9,12H2,1H3,(H,22,24). The largest absolute Gasteiger partial charge is 0.497 e. The van der Waals surface area contributed by atoms with Gasteiger partial charge in [0.05, 0.1) is 12.0 Å². The van der Waals surface area contributed by atoms with Crippen molar-refractivity contribution in [1.29, 1.82) is 0 Å². The third-order valence-electron chi connectivity index (χ3n) is 4.50. The van der Waals surface area contributed by atoms with E-state index in [0.29, 0.717) is 32.2 Å². The molecule has 2 aromatic carbocycles. The summed E-state index contributed by atoms with van der Waals surface area (Å²) in [6, 6.07) is 12.5. The molecule has 2 heterocycles. The second-order valence-electron chi connectivity index (χ2n) is 6.47. The molecular formula is C21H18N2O5S2. The van der Waals surface area contributed by atoms with Crippen LogP contribution in [0.2, 0.25) is 0 Å². The van der Waals surface area contributed by atoms with E-state index in [9.17, 15) is 9.59 Å². The first-order valence-electron chi connectivity index (χ1n) is 9.12. The Balaban J connectivity index is 1.36. The SMILES string of the molecule is COc1ccc(NC(=O)CCN2C(=O)C(=Cc3ccc4c(c3)OCO4)SC2=S)cc1. The van der Waals surface area contributed by atoms with Crippen LogP contribution in [0, 0.1) is 0 Å². The smallest absolute Gasteiger partial charge is 0.266 e. The zero-order valence-electron chi connectivity index (χ0n) is 16.0. The Labute approximate surface area is 183 Å². The molecule has 1 N–H and O–H groups in total. The summed E-state index contributed by atoms with van der Waals surface area (Å²) < 4.78 is 16.2. The Morgan fingerprint density at radius 3 is 2.77 bits per heavy atom. The Kier molecular flexibility index (Phi) is 5.91. The van der Waals surface area contributed by atoms with Crippen molar-refractivity contribution in [3.63, 3.8) is 0 Å². The number of hydrogen-bond acceptors (Lipinski definition) is 7. The van der Waals surface area contributed by atoms with E-state index in [-0.39, 0.29) is 31.6 Å². The Morgan fingerprint density at radius 2 is 2.00 bits per heavy atom. The molecule has 154 valence electrons. The van der Waals surface area contributed by atoms with Crippen LogP contribution in [0.15, 0.2) is 47.4 Å². The average Bonchev–Trinajstić information content (AvgIpc) is 3.31. The van der Waals surface area contributed by atoms with Crippen LogP contribution in [0.25, 0.3) is 6.08 Å². The van der Waals surface area contributed by atoms with E-state index < -0.39 is 0 Å². The van der Waals surface area contributed by atoms with E-state index in [4.69, 9.17) is 26.4 Å². The van der Waals surface area contributed by atoms with Crippen LogP contribution < -0.4 is 19.5 Å². The average molecular weight is 443 g/mol. The summed E-state index contributed by atoms with van der Waals surface area (Å²) in [7, 11) is 1.58. The zero-order chi connectivity index (χ0) is 21.1. The number of thioether (sulfide) groups is 1. The molecule has 2 aliphatic rings. The highest BCUT2D eigenvalue weighted by atomic mass is 32.2. The first-order valence-corrected chi connectivity index (χ1v) is 10.3. The van der Waals surface area contributed by atoms with Crippen LogP contribution in [0.1, 0.15) is 12.0 Å². The first-order chi connectivity index (χ1) is 14.5. The van der Waals surface area contributed by atoms with Gasteiger partial charge in [0.25, 0.3) is 5.91 Å². The van der Waals surface area contributed by atoms with Crippen LogP contribution in [-0.2, 0) is 9.59 Å². The summed E-state index contributed by atoms with van der Waals surface area (Å²) in [5.41, 5.74) is 1.48. The van der Waals surface area contributed by atoms with E-state index in [1.807, 2.05) is 12.1 Å². The number of thiocarbonyl (C=S) groups is 1. The molecule has 30 heavy (non-hydrogen) atoms. The van der Waals surface area contributed by atoms with Crippen molar-refractivity contribution >= 4 is 51.9 Å². The topological polar surface area (TPSA) is 77.1 Å². The monoisotopic (exact) mass is 442 g/mol. The van der Waals surface area contributed by atoms with Gasteiger partial charge in [0.15, 0.2) is 11.5 Å². The third-order valence-corrected chi connectivity index (χ3v) is 5.88. The maximum atomic E-state index is 12.7. The number of methoxy groups -OCH3 is 1. The number of nitrogens with one attached hydrogen (secondary N) is 1. The zero-order valence-corrected chi connectivity index (χ0v) is 17.7. The highest BCUT2D eigenvalue weighted by Gasteiger charge is 2.32. The van der Waals surface area contributed by atoms with Crippen molar-refractivity contribution in [1.82, 2.24) is 4.90 Å². The van der Waals surface area contributed by atoms with Crippen molar-refractivity contribution in [2.75, 3.05) is 25.8 Å². The third kappa shape index (κ3) is 4.42. The lowest BCUT2D eigenvalue weighted by molar-refractivity contribution is -0.122. The number of hydrogen-bond donors (Lipinski definition) is 1. The van der Waals surface area contributed by atoms with Crippen LogP contribution in [0.3, 0.4) is 0 Å². The fourth-order valence-electron chi connectivity index (χ4n) is 2.96. The molecule has 2 amide bonds. The lowest BCUT2D eigenvalue weighted by atomic mass is 10.2. The highest BCUT2D eigenvalue weighted by Crippen LogP contribution is 2.36. The summed E-state index contributed by atoms with van der Waals surface area (Å²) in [5, 5.41) is 2.80. The summed E-state index contributed by atoms with van der Waals surface area (Å²) >= 11 is 6.56. The van der Waals surface area contributed by atoms with E-state index in [1.54, 1.807) is 43.5 Å². The summed E-state index contributed by atoms with van der Waals surface area (Å²) in [6.45, 7) is 0.407. The summed E-state index contributed by atoms with van der Waals surface area (Å²) in [4.78, 5) is 26.9. The van der Waals surface area contributed by atoms with Gasteiger partial charge in [-0.3, -0.25) is 14.5 Å². The van der Waals surface area contributed by atoms with Gasteiger partial charge < -0.3 is 19.5 Å². The number of nitrogens with zero attached hydrogens (tertiary/aromatic N) is 1. The second-order valence-corrected chi connectivity index (χ2v) is 8.15. The molecule has 0 atom stereocenters. The molecule has 0 aromatic heterocycles. The maximum absolute atomic E-state index is 12.7. The van der Waals surface area contributed by atoms with Crippen molar-refractivity contribution in [2.24, 2.45) is 0 Å². The van der Waals surface area contributed by atoms with Crippen molar-refractivity contribution in [3.8, 4) is 17.2 Å². The lowest BCUT2D eigenvalue weighted by Gasteiger charge is -2.14. The molecule has 0 bridgehead atoms. The summed E-state index contributed by atoms with van der Waals surface area (Å²) in [6.07, 6.45) is 1.90. The van der Waals surface area contributed by atoms with Gasteiger partial charge in [-0.15, -0.1) is 0 Å². The fourth-order valence-corrected chi connectivity index (χ4v) is 4.27. The van der Waals surface area contributed by atoms with E-state index >= 15 is 0 Å². The van der Waals surface area contributed by atoms with Gasteiger partial charge in [0.1, 0.15) is 10.1 Å². The normalized spacial score (nSPS) is 16.3. The molecular weight excluding hydrogens is 424 g/mol. The van der Waals surface area contributed by atoms with Crippen molar-refractivity contribution in [3.05, 3.63) is 52.9 Å². The molecule has 0 spiro atoms. The number of rotatable bonds is 6. The van der Waals surface area contributed by atoms with Gasteiger partial charge in [-0.2, -0.15) is 0 Å². The number of anilines is 1.